The molecule has 1 amide bonds. The molecular weight excluding hydrogens is 380 g/mol. The van der Waals surface area contributed by atoms with Gasteiger partial charge in [0, 0.05) is 0 Å². The summed E-state index contributed by atoms with van der Waals surface area (Å²) in [5, 5.41) is 3.04. The lowest BCUT2D eigenvalue weighted by Crippen LogP contribution is -2.47. The number of aryl methyl sites for hydroxylation is 1. The van der Waals surface area contributed by atoms with Crippen molar-refractivity contribution < 1.29 is 13.2 Å². The van der Waals surface area contributed by atoms with E-state index in [0.29, 0.717) is 12.2 Å². The minimum Gasteiger partial charge on any atom is -0.348 e. The fraction of sp³-hybridized carbons (Fsp3) is 0.350. The minimum absolute atomic E-state index is 0.0632. The van der Waals surface area contributed by atoms with Crippen molar-refractivity contribution >= 4 is 27.7 Å². The zero-order valence-electron chi connectivity index (χ0n) is 15.2. The van der Waals surface area contributed by atoms with E-state index in [1.165, 1.54) is 17.7 Å². The van der Waals surface area contributed by atoms with Crippen LogP contribution in [-0.4, -0.2) is 32.4 Å². The maximum absolute atomic E-state index is 12.9. The molecule has 144 valence electrons. The van der Waals surface area contributed by atoms with Crippen molar-refractivity contribution in [3.63, 3.8) is 0 Å². The summed E-state index contributed by atoms with van der Waals surface area (Å²) in [6.45, 7) is 0. The molecule has 0 fully saturated rings. The molecule has 0 bridgehead atoms. The van der Waals surface area contributed by atoms with Crippen molar-refractivity contribution in [2.45, 2.75) is 36.2 Å². The monoisotopic (exact) mass is 404 g/mol. The zero-order chi connectivity index (χ0) is 19.3. The van der Waals surface area contributed by atoms with Crippen molar-refractivity contribution in [3.8, 4) is 0 Å². The fourth-order valence-electron chi connectivity index (χ4n) is 3.31. The summed E-state index contributed by atoms with van der Waals surface area (Å²) in [7, 11) is -3.75. The molecule has 1 aliphatic rings. The van der Waals surface area contributed by atoms with E-state index in [2.05, 4.69) is 16.1 Å². The molecule has 0 radical (unpaired) electrons. The van der Waals surface area contributed by atoms with Crippen LogP contribution in [0.15, 0.2) is 59.5 Å². The number of rotatable bonds is 8. The molecular formula is C20H24N2O3S2. The molecule has 1 aliphatic carbocycles. The van der Waals surface area contributed by atoms with Crippen LogP contribution in [0.3, 0.4) is 0 Å². The largest absolute Gasteiger partial charge is 0.348 e. The van der Waals surface area contributed by atoms with Gasteiger partial charge < -0.3 is 5.32 Å². The third kappa shape index (κ3) is 4.91. The molecule has 2 aromatic rings. The number of thioether (sulfide) groups is 1. The summed E-state index contributed by atoms with van der Waals surface area (Å²) < 4.78 is 27.9. The van der Waals surface area contributed by atoms with Gasteiger partial charge in [-0.05, 0) is 54.5 Å². The van der Waals surface area contributed by atoms with Crippen LogP contribution in [0.25, 0.3) is 0 Å². The Bertz CT molecular complexity index is 885. The van der Waals surface area contributed by atoms with Gasteiger partial charge in [-0.3, -0.25) is 4.79 Å². The number of nitrogens with one attached hydrogen (secondary N) is 2. The van der Waals surface area contributed by atoms with Crippen LogP contribution in [0, 0.1) is 0 Å². The Balaban J connectivity index is 1.74. The van der Waals surface area contributed by atoms with Crippen LogP contribution in [0.2, 0.25) is 0 Å². The van der Waals surface area contributed by atoms with Crippen LogP contribution < -0.4 is 10.0 Å². The number of amides is 1. The van der Waals surface area contributed by atoms with Gasteiger partial charge in [0.25, 0.3) is 0 Å². The average molecular weight is 405 g/mol. The minimum atomic E-state index is -3.75. The Hall–Kier alpha value is -1.83. The first-order valence-corrected chi connectivity index (χ1v) is 11.8. The Labute approximate surface area is 165 Å². The van der Waals surface area contributed by atoms with Crippen molar-refractivity contribution in [1.29, 1.82) is 0 Å². The number of carbonyl (C=O) groups excluding carboxylic acids is 1. The topological polar surface area (TPSA) is 75.3 Å². The van der Waals surface area contributed by atoms with Gasteiger partial charge in [0.2, 0.25) is 15.9 Å². The van der Waals surface area contributed by atoms with Crippen LogP contribution in [0.4, 0.5) is 0 Å². The van der Waals surface area contributed by atoms with Crippen LogP contribution in [0.5, 0.6) is 0 Å². The summed E-state index contributed by atoms with van der Waals surface area (Å²) in [4.78, 5) is 13.0. The molecule has 7 heteroatoms. The van der Waals surface area contributed by atoms with Gasteiger partial charge in [-0.25, -0.2) is 8.42 Å². The second-order valence-corrected chi connectivity index (χ2v) is 9.27. The number of carbonyl (C=O) groups is 1. The summed E-state index contributed by atoms with van der Waals surface area (Å²) >= 11 is 1.59. The zero-order valence-corrected chi connectivity index (χ0v) is 16.9. The lowest BCUT2D eigenvalue weighted by atomic mass is 10.1. The highest BCUT2D eigenvalue weighted by Crippen LogP contribution is 2.30. The second-order valence-electron chi connectivity index (χ2n) is 6.57. The molecule has 2 aromatic carbocycles. The van der Waals surface area contributed by atoms with Crippen LogP contribution in [-0.2, 0) is 21.2 Å². The normalized spacial score (nSPS) is 17.3. The third-order valence-electron chi connectivity index (χ3n) is 4.73. The molecule has 0 saturated carbocycles. The van der Waals surface area contributed by atoms with Crippen molar-refractivity contribution in [2.24, 2.45) is 0 Å². The number of sulfonamides is 1. The SMILES string of the molecule is CSCC[C@H](NS(=O)(=O)c1ccccc1)C(=O)N[C@@H]1CCc2ccccc21. The summed E-state index contributed by atoms with van der Waals surface area (Å²) in [6.07, 6.45) is 4.14. The highest BCUT2D eigenvalue weighted by Gasteiger charge is 2.29. The first-order chi connectivity index (χ1) is 13.0. The van der Waals surface area contributed by atoms with Gasteiger partial charge in [0.15, 0.2) is 0 Å². The summed E-state index contributed by atoms with van der Waals surface area (Å²) in [5.41, 5.74) is 2.37. The fourth-order valence-corrected chi connectivity index (χ4v) is 5.04. The molecule has 0 heterocycles. The van der Waals surface area contributed by atoms with Crippen molar-refractivity contribution in [2.75, 3.05) is 12.0 Å². The van der Waals surface area contributed by atoms with E-state index in [0.717, 1.165) is 18.4 Å². The van der Waals surface area contributed by atoms with E-state index in [1.807, 2.05) is 24.5 Å². The Morgan fingerprint density at radius 1 is 1.15 bits per heavy atom. The lowest BCUT2D eigenvalue weighted by Gasteiger charge is -2.21. The quantitative estimate of drug-likeness (QED) is 0.709. The summed E-state index contributed by atoms with van der Waals surface area (Å²) in [5.74, 6) is 0.418. The number of hydrogen-bond acceptors (Lipinski definition) is 4. The molecule has 0 spiro atoms. The Kier molecular flexibility index (Phi) is 6.57. The Morgan fingerprint density at radius 3 is 2.59 bits per heavy atom. The molecule has 0 aliphatic heterocycles. The van der Waals surface area contributed by atoms with Gasteiger partial charge in [-0.15, -0.1) is 0 Å². The predicted octanol–water partition coefficient (Wildman–Crippen LogP) is 2.89. The van der Waals surface area contributed by atoms with Gasteiger partial charge in [0.1, 0.15) is 6.04 Å². The first-order valence-electron chi connectivity index (χ1n) is 8.96. The molecule has 3 rings (SSSR count). The average Bonchev–Trinajstić information content (AvgIpc) is 3.08. The van der Waals surface area contributed by atoms with Crippen molar-refractivity contribution in [3.05, 3.63) is 65.7 Å². The van der Waals surface area contributed by atoms with Crippen LogP contribution >= 0.6 is 11.8 Å². The smallest absolute Gasteiger partial charge is 0.241 e. The highest BCUT2D eigenvalue weighted by atomic mass is 32.2. The number of hydrogen-bond donors (Lipinski definition) is 2. The molecule has 2 atom stereocenters. The van der Waals surface area contributed by atoms with Crippen molar-refractivity contribution in [1.82, 2.24) is 10.0 Å². The predicted molar refractivity (Wildman–Crippen MR) is 109 cm³/mol. The summed E-state index contributed by atoms with van der Waals surface area (Å²) in [6, 6.07) is 15.4. The Morgan fingerprint density at radius 2 is 1.85 bits per heavy atom. The third-order valence-corrected chi connectivity index (χ3v) is 6.86. The van der Waals surface area contributed by atoms with Crippen LogP contribution in [0.1, 0.15) is 30.0 Å². The van der Waals surface area contributed by atoms with E-state index in [-0.39, 0.29) is 16.8 Å². The van der Waals surface area contributed by atoms with Gasteiger partial charge in [-0.2, -0.15) is 16.5 Å². The first kappa shape index (κ1) is 19.9. The van der Waals surface area contributed by atoms with E-state index < -0.39 is 16.1 Å². The van der Waals surface area contributed by atoms with E-state index in [1.54, 1.807) is 30.0 Å². The molecule has 0 saturated heterocycles. The second kappa shape index (κ2) is 8.91. The molecule has 2 N–H and O–H groups in total. The maximum atomic E-state index is 12.9. The van der Waals surface area contributed by atoms with E-state index in [4.69, 9.17) is 0 Å². The molecule has 0 unspecified atom stereocenters. The lowest BCUT2D eigenvalue weighted by molar-refractivity contribution is -0.123. The number of fused-ring (bicyclic) bond motifs is 1. The highest BCUT2D eigenvalue weighted by molar-refractivity contribution is 7.98. The van der Waals surface area contributed by atoms with Gasteiger partial charge in [-0.1, -0.05) is 42.5 Å². The molecule has 27 heavy (non-hydrogen) atoms. The number of benzene rings is 2. The molecule has 5 nitrogen and oxygen atoms in total. The van der Waals surface area contributed by atoms with E-state index in [9.17, 15) is 13.2 Å². The van der Waals surface area contributed by atoms with Gasteiger partial charge >= 0.3 is 0 Å². The maximum Gasteiger partial charge on any atom is 0.241 e. The molecule has 0 aromatic heterocycles. The van der Waals surface area contributed by atoms with E-state index >= 15 is 0 Å². The standard InChI is InChI=1S/C20H24N2O3S2/c1-26-14-13-19(22-27(24,25)16-8-3-2-4-9-16)20(23)21-18-12-11-15-7-5-6-10-17(15)18/h2-10,18-19,22H,11-14H2,1H3,(H,21,23)/t18-,19+/m1/s1. The van der Waals surface area contributed by atoms with Gasteiger partial charge in [0.05, 0.1) is 10.9 Å².